The van der Waals surface area contributed by atoms with Gasteiger partial charge in [0.25, 0.3) is 0 Å². The molecule has 1 aromatic carbocycles. The number of halogens is 1. The SMILES string of the molecule is CNC(=O)CNc1cc(OC)c(N)cc1F. The Kier molecular flexibility index (Phi) is 3.93. The van der Waals surface area contributed by atoms with Crippen molar-refractivity contribution in [2.75, 3.05) is 31.8 Å². The van der Waals surface area contributed by atoms with Crippen LogP contribution in [0.3, 0.4) is 0 Å². The van der Waals surface area contributed by atoms with Gasteiger partial charge in [-0.2, -0.15) is 0 Å². The molecular weight excluding hydrogens is 213 g/mol. The van der Waals surface area contributed by atoms with E-state index in [1.807, 2.05) is 0 Å². The molecule has 0 fully saturated rings. The third kappa shape index (κ3) is 2.75. The van der Waals surface area contributed by atoms with Gasteiger partial charge in [0, 0.05) is 19.2 Å². The molecule has 88 valence electrons. The zero-order chi connectivity index (χ0) is 12.1. The van der Waals surface area contributed by atoms with Crippen LogP contribution in [-0.4, -0.2) is 26.6 Å². The lowest BCUT2D eigenvalue weighted by Gasteiger charge is -2.10. The number of amides is 1. The van der Waals surface area contributed by atoms with Crippen LogP contribution in [-0.2, 0) is 4.79 Å². The molecule has 1 rings (SSSR count). The molecule has 0 atom stereocenters. The normalized spacial score (nSPS) is 9.69. The molecule has 0 saturated carbocycles. The van der Waals surface area contributed by atoms with Crippen LogP contribution in [0.5, 0.6) is 5.75 Å². The highest BCUT2D eigenvalue weighted by Gasteiger charge is 2.08. The summed E-state index contributed by atoms with van der Waals surface area (Å²) in [6, 6.07) is 2.55. The van der Waals surface area contributed by atoms with E-state index >= 15 is 0 Å². The largest absolute Gasteiger partial charge is 0.495 e. The second kappa shape index (κ2) is 5.20. The third-order valence-electron chi connectivity index (χ3n) is 2.04. The van der Waals surface area contributed by atoms with Crippen LogP contribution in [0, 0.1) is 5.82 Å². The summed E-state index contributed by atoms with van der Waals surface area (Å²) in [7, 11) is 2.94. The van der Waals surface area contributed by atoms with Crippen molar-refractivity contribution in [1.29, 1.82) is 0 Å². The van der Waals surface area contributed by atoms with E-state index < -0.39 is 5.82 Å². The minimum atomic E-state index is -0.526. The van der Waals surface area contributed by atoms with E-state index in [0.29, 0.717) is 5.75 Å². The number of hydrogen-bond donors (Lipinski definition) is 3. The van der Waals surface area contributed by atoms with Gasteiger partial charge in [-0.15, -0.1) is 0 Å². The number of nitrogen functional groups attached to an aromatic ring is 1. The van der Waals surface area contributed by atoms with Crippen LogP contribution in [0.25, 0.3) is 0 Å². The predicted octanol–water partition coefficient (Wildman–Crippen LogP) is 0.574. The van der Waals surface area contributed by atoms with Crippen molar-refractivity contribution in [3.63, 3.8) is 0 Å². The number of carbonyl (C=O) groups excluding carboxylic acids is 1. The highest BCUT2D eigenvalue weighted by Crippen LogP contribution is 2.27. The molecular formula is C10H14FN3O2. The topological polar surface area (TPSA) is 76.4 Å². The number of carbonyl (C=O) groups is 1. The lowest BCUT2D eigenvalue weighted by molar-refractivity contribution is -0.118. The van der Waals surface area contributed by atoms with Gasteiger partial charge in [0.15, 0.2) is 0 Å². The zero-order valence-corrected chi connectivity index (χ0v) is 9.13. The van der Waals surface area contributed by atoms with E-state index in [1.54, 1.807) is 0 Å². The van der Waals surface area contributed by atoms with Gasteiger partial charge >= 0.3 is 0 Å². The molecule has 0 aromatic heterocycles. The summed E-state index contributed by atoms with van der Waals surface area (Å²) < 4.78 is 18.3. The van der Waals surface area contributed by atoms with Gasteiger partial charge in [-0.3, -0.25) is 4.79 Å². The Balaban J connectivity index is 2.83. The lowest BCUT2D eigenvalue weighted by Crippen LogP contribution is -2.26. The smallest absolute Gasteiger partial charge is 0.239 e. The number of anilines is 2. The molecule has 0 aliphatic carbocycles. The molecule has 4 N–H and O–H groups in total. The fourth-order valence-electron chi connectivity index (χ4n) is 1.14. The molecule has 1 aromatic rings. The first-order chi connectivity index (χ1) is 7.58. The molecule has 16 heavy (non-hydrogen) atoms. The predicted molar refractivity (Wildman–Crippen MR) is 59.9 cm³/mol. The van der Waals surface area contributed by atoms with Crippen molar-refractivity contribution in [3.05, 3.63) is 17.9 Å². The highest BCUT2D eigenvalue weighted by atomic mass is 19.1. The number of ether oxygens (including phenoxy) is 1. The zero-order valence-electron chi connectivity index (χ0n) is 9.13. The van der Waals surface area contributed by atoms with Crippen molar-refractivity contribution in [2.24, 2.45) is 0 Å². The van der Waals surface area contributed by atoms with Gasteiger partial charge in [-0.05, 0) is 0 Å². The molecule has 0 unspecified atom stereocenters. The second-order valence-electron chi connectivity index (χ2n) is 3.10. The van der Waals surface area contributed by atoms with Gasteiger partial charge in [-0.25, -0.2) is 4.39 Å². The fourth-order valence-corrected chi connectivity index (χ4v) is 1.14. The Hall–Kier alpha value is -1.98. The van der Waals surface area contributed by atoms with Crippen LogP contribution in [0.2, 0.25) is 0 Å². The monoisotopic (exact) mass is 227 g/mol. The van der Waals surface area contributed by atoms with Crippen molar-refractivity contribution in [3.8, 4) is 5.75 Å². The van der Waals surface area contributed by atoms with Gasteiger partial charge in [0.05, 0.1) is 25.0 Å². The minimum absolute atomic E-state index is 0.0134. The van der Waals surface area contributed by atoms with E-state index in [9.17, 15) is 9.18 Å². The number of benzene rings is 1. The number of methoxy groups -OCH3 is 1. The Morgan fingerprint density at radius 2 is 2.25 bits per heavy atom. The number of nitrogens with two attached hydrogens (primary N) is 1. The van der Waals surface area contributed by atoms with Crippen LogP contribution in [0.15, 0.2) is 12.1 Å². The van der Waals surface area contributed by atoms with Crippen LogP contribution >= 0.6 is 0 Å². The van der Waals surface area contributed by atoms with E-state index in [1.165, 1.54) is 20.2 Å². The van der Waals surface area contributed by atoms with E-state index in [-0.39, 0.29) is 23.8 Å². The highest BCUT2D eigenvalue weighted by molar-refractivity contribution is 5.80. The molecule has 0 bridgehead atoms. The maximum absolute atomic E-state index is 13.4. The first-order valence-electron chi connectivity index (χ1n) is 4.66. The Bertz CT molecular complexity index is 396. The van der Waals surface area contributed by atoms with E-state index in [4.69, 9.17) is 10.5 Å². The van der Waals surface area contributed by atoms with Crippen molar-refractivity contribution in [1.82, 2.24) is 5.32 Å². The molecule has 0 heterocycles. The fraction of sp³-hybridized carbons (Fsp3) is 0.300. The van der Waals surface area contributed by atoms with Crippen LogP contribution in [0.4, 0.5) is 15.8 Å². The quantitative estimate of drug-likeness (QED) is 0.657. The van der Waals surface area contributed by atoms with Crippen molar-refractivity contribution < 1.29 is 13.9 Å². The summed E-state index contributed by atoms with van der Waals surface area (Å²) in [5.41, 5.74) is 5.90. The molecule has 0 aliphatic heterocycles. The van der Waals surface area contributed by atoms with Gasteiger partial charge in [-0.1, -0.05) is 0 Å². The van der Waals surface area contributed by atoms with E-state index in [0.717, 1.165) is 6.07 Å². The summed E-state index contributed by atoms with van der Waals surface area (Å²) in [5.74, 6) is -0.404. The molecule has 0 aliphatic rings. The Morgan fingerprint density at radius 1 is 1.56 bits per heavy atom. The first kappa shape index (κ1) is 12.1. The summed E-state index contributed by atoms with van der Waals surface area (Å²) >= 11 is 0. The molecule has 0 saturated heterocycles. The molecule has 0 spiro atoms. The van der Waals surface area contributed by atoms with Crippen LogP contribution in [0.1, 0.15) is 0 Å². The van der Waals surface area contributed by atoms with Crippen molar-refractivity contribution >= 4 is 17.3 Å². The second-order valence-corrected chi connectivity index (χ2v) is 3.10. The maximum atomic E-state index is 13.4. The van der Waals surface area contributed by atoms with Crippen molar-refractivity contribution in [2.45, 2.75) is 0 Å². The Morgan fingerprint density at radius 3 is 2.81 bits per heavy atom. The number of rotatable bonds is 4. The number of likely N-dealkylation sites (N-methyl/N-ethyl adjacent to an activating group) is 1. The maximum Gasteiger partial charge on any atom is 0.239 e. The molecule has 0 radical (unpaired) electrons. The first-order valence-corrected chi connectivity index (χ1v) is 4.66. The minimum Gasteiger partial charge on any atom is -0.495 e. The summed E-state index contributed by atoms with van der Waals surface area (Å²) in [4.78, 5) is 11.0. The number of nitrogens with one attached hydrogen (secondary N) is 2. The standard InChI is InChI=1S/C10H14FN3O2/c1-13-10(15)5-14-8-4-9(16-2)7(12)3-6(8)11/h3-4,14H,5,12H2,1-2H3,(H,13,15). The Labute approximate surface area is 92.8 Å². The van der Waals surface area contributed by atoms with Crippen LogP contribution < -0.4 is 21.1 Å². The summed E-state index contributed by atoms with van der Waals surface area (Å²) in [6.07, 6.45) is 0. The third-order valence-corrected chi connectivity index (χ3v) is 2.04. The van der Waals surface area contributed by atoms with Gasteiger partial charge < -0.3 is 21.1 Å². The average molecular weight is 227 g/mol. The summed E-state index contributed by atoms with van der Waals surface area (Å²) in [5, 5.41) is 5.06. The molecule has 5 nitrogen and oxygen atoms in total. The molecule has 6 heteroatoms. The van der Waals surface area contributed by atoms with Gasteiger partial charge in [0.2, 0.25) is 5.91 Å². The van der Waals surface area contributed by atoms with Gasteiger partial charge in [0.1, 0.15) is 11.6 Å². The summed E-state index contributed by atoms with van der Waals surface area (Å²) in [6.45, 7) is -0.0134. The lowest BCUT2D eigenvalue weighted by atomic mass is 10.2. The average Bonchev–Trinajstić information content (AvgIpc) is 2.27. The molecule has 1 amide bonds. The van der Waals surface area contributed by atoms with E-state index in [2.05, 4.69) is 10.6 Å². The number of hydrogen-bond acceptors (Lipinski definition) is 4.